The third-order valence-electron chi connectivity index (χ3n) is 5.93. The molecule has 4 aromatic rings. The van der Waals surface area contributed by atoms with Crippen LogP contribution in [0.3, 0.4) is 0 Å². The average molecular weight is 487 g/mol. The molecule has 4 aromatic carbocycles. The summed E-state index contributed by atoms with van der Waals surface area (Å²) in [6.45, 7) is 4.19. The average Bonchev–Trinajstić information content (AvgIpc) is 2.82. The highest BCUT2D eigenvalue weighted by molar-refractivity contribution is 7.99. The van der Waals surface area contributed by atoms with E-state index in [-0.39, 0.29) is 11.5 Å². The van der Waals surface area contributed by atoms with Gasteiger partial charge in [0.2, 0.25) is 0 Å². The maximum absolute atomic E-state index is 10.2. The Morgan fingerprint density at radius 1 is 0.600 bits per heavy atom. The van der Waals surface area contributed by atoms with E-state index in [4.69, 9.17) is 9.47 Å². The molecule has 4 rings (SSSR count). The Morgan fingerprint density at radius 2 is 1.03 bits per heavy atom. The summed E-state index contributed by atoms with van der Waals surface area (Å²) in [5, 5.41) is 20.5. The van der Waals surface area contributed by atoms with Gasteiger partial charge in [-0.1, -0.05) is 59.3 Å². The van der Waals surface area contributed by atoms with Gasteiger partial charge in [-0.3, -0.25) is 0 Å². The number of ether oxygens (including phenoxy) is 2. The minimum atomic E-state index is 0.149. The molecular weight excluding hydrogens is 456 g/mol. The summed E-state index contributed by atoms with van der Waals surface area (Å²) in [5.74, 6) is 1.24. The molecule has 0 heterocycles. The van der Waals surface area contributed by atoms with Crippen LogP contribution in [0.4, 0.5) is 0 Å². The summed E-state index contributed by atoms with van der Waals surface area (Å²) >= 11 is 1.75. The van der Waals surface area contributed by atoms with Crippen molar-refractivity contribution >= 4 is 11.8 Å². The molecule has 0 aliphatic rings. The molecular formula is C30H30O4S. The van der Waals surface area contributed by atoms with Crippen molar-refractivity contribution in [3.63, 3.8) is 0 Å². The predicted molar refractivity (Wildman–Crippen MR) is 141 cm³/mol. The topological polar surface area (TPSA) is 58.9 Å². The van der Waals surface area contributed by atoms with E-state index in [9.17, 15) is 10.2 Å². The lowest BCUT2D eigenvalue weighted by Crippen LogP contribution is -1.96. The van der Waals surface area contributed by atoms with Crippen LogP contribution in [0.15, 0.2) is 82.6 Å². The molecule has 5 heteroatoms. The first-order valence-electron chi connectivity index (χ1n) is 11.4. The van der Waals surface area contributed by atoms with Crippen molar-refractivity contribution in [3.05, 3.63) is 106 Å². The predicted octanol–water partition coefficient (Wildman–Crippen LogP) is 7.06. The molecule has 0 atom stereocenters. The molecule has 0 unspecified atom stereocenters. The molecule has 0 saturated carbocycles. The van der Waals surface area contributed by atoms with Gasteiger partial charge in [-0.25, -0.2) is 0 Å². The van der Waals surface area contributed by atoms with E-state index in [1.807, 2.05) is 12.1 Å². The van der Waals surface area contributed by atoms with Gasteiger partial charge in [0.15, 0.2) is 23.0 Å². The van der Waals surface area contributed by atoms with Crippen molar-refractivity contribution in [3.8, 4) is 23.0 Å². The van der Waals surface area contributed by atoms with Crippen molar-refractivity contribution in [1.29, 1.82) is 0 Å². The second-order valence-corrected chi connectivity index (χ2v) is 9.77. The van der Waals surface area contributed by atoms with Crippen LogP contribution in [0, 0.1) is 13.8 Å². The fourth-order valence-corrected chi connectivity index (χ4v) is 5.17. The number of aryl methyl sites for hydroxylation is 2. The molecule has 0 aliphatic heterocycles. The van der Waals surface area contributed by atoms with Gasteiger partial charge in [0, 0.05) is 9.79 Å². The third-order valence-corrected chi connectivity index (χ3v) is 7.16. The summed E-state index contributed by atoms with van der Waals surface area (Å²) in [6, 6.07) is 24.1. The summed E-state index contributed by atoms with van der Waals surface area (Å²) < 4.78 is 10.4. The fraction of sp³-hybridized carbons (Fsp3) is 0.200. The quantitative estimate of drug-likeness (QED) is 0.279. The van der Waals surface area contributed by atoms with Crippen molar-refractivity contribution in [1.82, 2.24) is 0 Å². The lowest BCUT2D eigenvalue weighted by atomic mass is 10.0. The minimum Gasteiger partial charge on any atom is -0.504 e. The molecule has 180 valence electrons. The van der Waals surface area contributed by atoms with Gasteiger partial charge >= 0.3 is 0 Å². The molecule has 0 spiro atoms. The number of aromatic hydroxyl groups is 2. The number of hydrogen-bond donors (Lipinski definition) is 2. The Morgan fingerprint density at radius 3 is 1.40 bits per heavy atom. The highest BCUT2D eigenvalue weighted by Crippen LogP contribution is 2.37. The van der Waals surface area contributed by atoms with E-state index in [2.05, 4.69) is 50.2 Å². The number of hydrogen-bond acceptors (Lipinski definition) is 5. The Kier molecular flexibility index (Phi) is 7.57. The van der Waals surface area contributed by atoms with Crippen molar-refractivity contribution in [2.45, 2.75) is 36.5 Å². The molecule has 0 aliphatic carbocycles. The Bertz CT molecular complexity index is 1240. The molecule has 0 aromatic heterocycles. The van der Waals surface area contributed by atoms with E-state index in [0.29, 0.717) is 24.3 Å². The molecule has 35 heavy (non-hydrogen) atoms. The number of phenols is 2. The first-order valence-corrected chi connectivity index (χ1v) is 12.3. The SMILES string of the molecule is COc1ccc(Cc2cc(C)ccc2Sc2ccc(C)cc2Cc2ccc(OC)c(O)c2)cc1O. The summed E-state index contributed by atoms with van der Waals surface area (Å²) in [7, 11) is 3.10. The second kappa shape index (κ2) is 10.8. The van der Waals surface area contributed by atoms with Gasteiger partial charge in [0.25, 0.3) is 0 Å². The number of rotatable bonds is 8. The van der Waals surface area contributed by atoms with Crippen molar-refractivity contribution in [2.24, 2.45) is 0 Å². The summed E-state index contributed by atoms with van der Waals surface area (Å²) in [4.78, 5) is 2.35. The molecule has 0 bridgehead atoms. The lowest BCUT2D eigenvalue weighted by Gasteiger charge is -2.15. The third kappa shape index (κ3) is 5.92. The van der Waals surface area contributed by atoms with Crippen LogP contribution in [0.1, 0.15) is 33.4 Å². The van der Waals surface area contributed by atoms with E-state index < -0.39 is 0 Å². The van der Waals surface area contributed by atoms with Gasteiger partial charge in [0.1, 0.15) is 0 Å². The maximum Gasteiger partial charge on any atom is 0.160 e. The Labute approximate surface area is 211 Å². The zero-order valence-electron chi connectivity index (χ0n) is 20.5. The van der Waals surface area contributed by atoms with E-state index in [1.54, 1.807) is 50.2 Å². The van der Waals surface area contributed by atoms with Gasteiger partial charge < -0.3 is 19.7 Å². The van der Waals surface area contributed by atoms with Crippen molar-refractivity contribution < 1.29 is 19.7 Å². The highest BCUT2D eigenvalue weighted by Gasteiger charge is 2.13. The smallest absolute Gasteiger partial charge is 0.160 e. The van der Waals surface area contributed by atoms with E-state index in [0.717, 1.165) is 11.1 Å². The molecule has 4 nitrogen and oxygen atoms in total. The van der Waals surface area contributed by atoms with Gasteiger partial charge in [-0.2, -0.15) is 0 Å². The van der Waals surface area contributed by atoms with Crippen LogP contribution in [0.5, 0.6) is 23.0 Å². The van der Waals surface area contributed by atoms with Crippen LogP contribution in [0.2, 0.25) is 0 Å². The summed E-state index contributed by atoms with van der Waals surface area (Å²) in [6.07, 6.45) is 1.41. The zero-order valence-corrected chi connectivity index (χ0v) is 21.3. The number of benzene rings is 4. The first kappa shape index (κ1) is 24.6. The van der Waals surface area contributed by atoms with Gasteiger partial charge in [0.05, 0.1) is 14.2 Å². The molecule has 2 N–H and O–H groups in total. The normalized spacial score (nSPS) is 10.9. The van der Waals surface area contributed by atoms with Crippen LogP contribution < -0.4 is 9.47 Å². The van der Waals surface area contributed by atoms with Crippen LogP contribution >= 0.6 is 11.8 Å². The van der Waals surface area contributed by atoms with Gasteiger partial charge in [-0.15, -0.1) is 0 Å². The minimum absolute atomic E-state index is 0.149. The van der Waals surface area contributed by atoms with Crippen LogP contribution in [-0.2, 0) is 12.8 Å². The standard InChI is InChI=1S/C30H30O4S/c1-19-5-11-29(23(13-19)15-21-7-9-27(33-3)25(31)17-21)35-30-12-6-20(2)14-24(30)16-22-8-10-28(34-4)26(32)18-22/h5-14,17-18,31-32H,15-16H2,1-4H3. The molecule has 0 saturated heterocycles. The fourth-order valence-electron chi connectivity index (χ4n) is 4.14. The first-order chi connectivity index (χ1) is 16.9. The Balaban J connectivity index is 1.64. The van der Waals surface area contributed by atoms with Crippen molar-refractivity contribution in [2.75, 3.05) is 14.2 Å². The molecule has 0 amide bonds. The van der Waals surface area contributed by atoms with Crippen LogP contribution in [0.25, 0.3) is 0 Å². The van der Waals surface area contributed by atoms with Crippen LogP contribution in [-0.4, -0.2) is 24.4 Å². The summed E-state index contributed by atoms with van der Waals surface area (Å²) in [5.41, 5.74) is 6.84. The van der Waals surface area contributed by atoms with E-state index >= 15 is 0 Å². The maximum atomic E-state index is 10.2. The molecule has 0 fully saturated rings. The number of phenolic OH excluding ortho intramolecular Hbond substituents is 2. The zero-order chi connectivity index (χ0) is 24.9. The molecule has 0 radical (unpaired) electrons. The Hall–Kier alpha value is -3.57. The van der Waals surface area contributed by atoms with Gasteiger partial charge in [-0.05, 0) is 85.3 Å². The second-order valence-electron chi connectivity index (χ2n) is 8.69. The monoisotopic (exact) mass is 486 g/mol. The lowest BCUT2D eigenvalue weighted by molar-refractivity contribution is 0.373. The largest absolute Gasteiger partial charge is 0.504 e. The van der Waals surface area contributed by atoms with E-state index in [1.165, 1.54) is 32.0 Å². The number of methoxy groups -OCH3 is 2. The highest BCUT2D eigenvalue weighted by atomic mass is 32.2.